The summed E-state index contributed by atoms with van der Waals surface area (Å²) in [5, 5.41) is 14.9. The van der Waals surface area contributed by atoms with Crippen LogP contribution in [0.5, 0.6) is 0 Å². The highest BCUT2D eigenvalue weighted by molar-refractivity contribution is 7.89. The van der Waals surface area contributed by atoms with E-state index in [0.717, 1.165) is 25.7 Å². The fourth-order valence-electron chi connectivity index (χ4n) is 3.94. The predicted molar refractivity (Wildman–Crippen MR) is 91.7 cm³/mol. The molecule has 8 nitrogen and oxygen atoms in total. The van der Waals surface area contributed by atoms with Gasteiger partial charge in [0.2, 0.25) is 10.0 Å². The first-order chi connectivity index (χ1) is 11.9. The number of hydrogen-bond donors (Lipinski definition) is 2. The molecule has 2 aromatic rings. The molecule has 2 atom stereocenters. The highest BCUT2D eigenvalue weighted by atomic mass is 32.2. The Balaban J connectivity index is 1.71. The number of pyridine rings is 1. The summed E-state index contributed by atoms with van der Waals surface area (Å²) in [7, 11) is -3.81. The Hall–Kier alpha value is -2.10. The maximum absolute atomic E-state index is 12.9. The molecule has 1 aromatic carbocycles. The Morgan fingerprint density at radius 2 is 1.92 bits per heavy atom. The lowest BCUT2D eigenvalue weighted by Crippen LogP contribution is -2.47. The molecule has 0 radical (unpaired) electrons. The Morgan fingerprint density at radius 1 is 1.20 bits per heavy atom. The van der Waals surface area contributed by atoms with E-state index >= 15 is 0 Å². The van der Waals surface area contributed by atoms with E-state index in [-0.39, 0.29) is 27.5 Å². The second kappa shape index (κ2) is 6.01. The highest BCUT2D eigenvalue weighted by Crippen LogP contribution is 2.31. The number of non-ortho nitro benzene ring substituents is 1. The van der Waals surface area contributed by atoms with Crippen LogP contribution in [0.25, 0.3) is 10.9 Å². The summed E-state index contributed by atoms with van der Waals surface area (Å²) in [6.45, 7) is 0. The largest absolute Gasteiger partial charge is 0.311 e. The average Bonchev–Trinajstić information content (AvgIpc) is 2.91. The third kappa shape index (κ3) is 2.99. The first-order valence-electron chi connectivity index (χ1n) is 8.24. The van der Waals surface area contributed by atoms with E-state index in [1.165, 1.54) is 24.4 Å². The van der Waals surface area contributed by atoms with Crippen LogP contribution in [0.3, 0.4) is 0 Å². The Labute approximate surface area is 144 Å². The predicted octanol–water partition coefficient (Wildman–Crippen LogP) is 1.70. The first kappa shape index (κ1) is 16.4. The number of nitrogens with zero attached hydrogens (tertiary/aromatic N) is 2. The summed E-state index contributed by atoms with van der Waals surface area (Å²) in [6, 6.07) is 6.17. The molecule has 0 aliphatic carbocycles. The molecule has 9 heteroatoms. The molecule has 2 fully saturated rings. The van der Waals surface area contributed by atoms with Gasteiger partial charge in [0.15, 0.2) is 0 Å². The van der Waals surface area contributed by atoms with E-state index in [1.54, 1.807) is 6.07 Å². The molecule has 3 heterocycles. The zero-order valence-electron chi connectivity index (χ0n) is 13.4. The second-order valence-corrected chi connectivity index (χ2v) is 8.35. The van der Waals surface area contributed by atoms with E-state index in [0.29, 0.717) is 12.1 Å². The first-order valence-corrected chi connectivity index (χ1v) is 9.73. The van der Waals surface area contributed by atoms with Crippen LogP contribution in [0.1, 0.15) is 25.7 Å². The van der Waals surface area contributed by atoms with Gasteiger partial charge in [0.25, 0.3) is 5.69 Å². The van der Waals surface area contributed by atoms with Crippen LogP contribution in [0.4, 0.5) is 5.69 Å². The van der Waals surface area contributed by atoms with Gasteiger partial charge in [-0.15, -0.1) is 0 Å². The van der Waals surface area contributed by atoms with Crippen LogP contribution in [0.15, 0.2) is 35.4 Å². The van der Waals surface area contributed by atoms with Crippen LogP contribution in [0, 0.1) is 10.1 Å². The molecule has 0 amide bonds. The monoisotopic (exact) mass is 362 g/mol. The van der Waals surface area contributed by atoms with Gasteiger partial charge >= 0.3 is 0 Å². The summed E-state index contributed by atoms with van der Waals surface area (Å²) in [5.74, 6) is 0. The highest BCUT2D eigenvalue weighted by Gasteiger charge is 2.36. The van der Waals surface area contributed by atoms with E-state index in [9.17, 15) is 18.5 Å². The number of hydrogen-bond acceptors (Lipinski definition) is 6. The van der Waals surface area contributed by atoms with Crippen LogP contribution < -0.4 is 10.0 Å². The Kier molecular flexibility index (Phi) is 3.94. The van der Waals surface area contributed by atoms with Crippen molar-refractivity contribution in [2.75, 3.05) is 0 Å². The lowest BCUT2D eigenvalue weighted by Gasteiger charge is -2.29. The molecular formula is C16H18N4O4S. The van der Waals surface area contributed by atoms with Crippen LogP contribution in [0.2, 0.25) is 0 Å². The second-order valence-electron chi connectivity index (χ2n) is 6.67. The van der Waals surface area contributed by atoms with Crippen molar-refractivity contribution in [2.45, 2.75) is 48.7 Å². The number of benzene rings is 1. The van der Waals surface area contributed by atoms with E-state index in [4.69, 9.17) is 0 Å². The van der Waals surface area contributed by atoms with Gasteiger partial charge in [-0.1, -0.05) is 0 Å². The molecule has 1 aromatic heterocycles. The minimum absolute atomic E-state index is 0.0143. The molecule has 2 unspecified atom stereocenters. The van der Waals surface area contributed by atoms with Crippen molar-refractivity contribution in [1.29, 1.82) is 0 Å². The topological polar surface area (TPSA) is 114 Å². The SMILES string of the molecule is O=[N+]([O-])c1ccc(S(=O)(=O)NC2CC3CCC(C2)N3)c2ncccc12. The maximum atomic E-state index is 12.9. The molecule has 0 saturated carbocycles. The van der Waals surface area contributed by atoms with E-state index in [2.05, 4.69) is 15.0 Å². The normalized spacial score (nSPS) is 26.0. The van der Waals surface area contributed by atoms with E-state index < -0.39 is 14.9 Å². The number of nitro benzene ring substituents is 1. The number of fused-ring (bicyclic) bond motifs is 3. The van der Waals surface area contributed by atoms with Gasteiger partial charge in [-0.2, -0.15) is 0 Å². The van der Waals surface area contributed by atoms with Crippen molar-refractivity contribution < 1.29 is 13.3 Å². The summed E-state index contributed by atoms with van der Waals surface area (Å²) in [5.41, 5.74) is -0.0249. The van der Waals surface area contributed by atoms with Crippen LogP contribution in [-0.2, 0) is 10.0 Å². The zero-order valence-corrected chi connectivity index (χ0v) is 14.2. The van der Waals surface area contributed by atoms with Gasteiger partial charge in [-0.25, -0.2) is 13.1 Å². The third-order valence-corrected chi connectivity index (χ3v) is 6.54. The van der Waals surface area contributed by atoms with Crippen molar-refractivity contribution in [3.8, 4) is 0 Å². The molecule has 2 bridgehead atoms. The number of nitrogens with one attached hydrogen (secondary N) is 2. The van der Waals surface area contributed by atoms with Crippen molar-refractivity contribution in [3.63, 3.8) is 0 Å². The summed E-state index contributed by atoms with van der Waals surface area (Å²) >= 11 is 0. The molecule has 0 spiro atoms. The molecule has 2 aliphatic heterocycles. The van der Waals surface area contributed by atoms with E-state index in [1.807, 2.05) is 0 Å². The average molecular weight is 362 g/mol. The van der Waals surface area contributed by atoms with Crippen LogP contribution in [-0.4, -0.2) is 36.5 Å². The number of nitro groups is 1. The summed E-state index contributed by atoms with van der Waals surface area (Å²) in [6.07, 6.45) is 5.10. The fourth-order valence-corrected chi connectivity index (χ4v) is 5.37. The Morgan fingerprint density at radius 3 is 2.60 bits per heavy atom. The Bertz CT molecular complexity index is 934. The zero-order chi connectivity index (χ0) is 17.6. The van der Waals surface area contributed by atoms with Gasteiger partial charge < -0.3 is 5.32 Å². The smallest absolute Gasteiger partial charge is 0.278 e. The fraction of sp³-hybridized carbons (Fsp3) is 0.438. The lowest BCUT2D eigenvalue weighted by atomic mass is 10.0. The lowest BCUT2D eigenvalue weighted by molar-refractivity contribution is -0.383. The quantitative estimate of drug-likeness (QED) is 0.632. The number of sulfonamides is 1. The molecule has 132 valence electrons. The summed E-state index contributed by atoms with van der Waals surface area (Å²) < 4.78 is 28.6. The maximum Gasteiger partial charge on any atom is 0.278 e. The van der Waals surface area contributed by atoms with Crippen molar-refractivity contribution in [3.05, 3.63) is 40.6 Å². The van der Waals surface area contributed by atoms with Crippen molar-refractivity contribution in [1.82, 2.24) is 15.0 Å². The molecule has 2 saturated heterocycles. The molecule has 2 N–H and O–H groups in total. The van der Waals surface area contributed by atoms with Gasteiger partial charge in [0.05, 0.1) is 15.8 Å². The standard InChI is InChI=1S/C16H18N4O4S/c21-20(22)14-5-6-15(16-13(14)2-1-7-17-16)25(23,24)19-12-8-10-3-4-11(9-12)18-10/h1-2,5-7,10-12,18-19H,3-4,8-9H2. The van der Waals surface area contributed by atoms with Gasteiger partial charge in [-0.05, 0) is 43.9 Å². The number of aromatic nitrogens is 1. The molecule has 2 aliphatic rings. The number of rotatable bonds is 4. The molecule has 4 rings (SSSR count). The third-order valence-electron chi connectivity index (χ3n) is 4.99. The van der Waals surface area contributed by atoms with Crippen molar-refractivity contribution in [2.24, 2.45) is 0 Å². The minimum atomic E-state index is -3.81. The van der Waals surface area contributed by atoms with Crippen LogP contribution >= 0.6 is 0 Å². The number of piperidine rings is 1. The van der Waals surface area contributed by atoms with Gasteiger partial charge in [-0.3, -0.25) is 15.1 Å². The van der Waals surface area contributed by atoms with Gasteiger partial charge in [0.1, 0.15) is 4.90 Å². The molecular weight excluding hydrogens is 344 g/mol. The minimum Gasteiger partial charge on any atom is -0.311 e. The van der Waals surface area contributed by atoms with Crippen molar-refractivity contribution >= 4 is 26.6 Å². The summed E-state index contributed by atoms with van der Waals surface area (Å²) in [4.78, 5) is 14.7. The molecule has 25 heavy (non-hydrogen) atoms. The van der Waals surface area contributed by atoms with Gasteiger partial charge in [0, 0.05) is 30.4 Å².